The van der Waals surface area contributed by atoms with Gasteiger partial charge in [0.1, 0.15) is 0 Å². The molecule has 7 nitrogen and oxygen atoms in total. The molecule has 0 bridgehead atoms. The van der Waals surface area contributed by atoms with E-state index in [1.54, 1.807) is 38.1 Å². The number of amides is 1. The summed E-state index contributed by atoms with van der Waals surface area (Å²) in [5.74, 6) is -2.81. The molecule has 28 heavy (non-hydrogen) atoms. The van der Waals surface area contributed by atoms with Crippen LogP contribution in [0.4, 0.5) is 4.79 Å². The predicted molar refractivity (Wildman–Crippen MR) is 97.9 cm³/mol. The molecule has 0 heterocycles. The number of ether oxygens (including phenoxy) is 2. The molecule has 0 saturated heterocycles. The van der Waals surface area contributed by atoms with Gasteiger partial charge in [-0.1, -0.05) is 44.5 Å². The van der Waals surface area contributed by atoms with Gasteiger partial charge in [0.05, 0.1) is 0 Å². The summed E-state index contributed by atoms with van der Waals surface area (Å²) in [5.41, 5.74) is 0.531. The van der Waals surface area contributed by atoms with Crippen LogP contribution in [0.15, 0.2) is 24.3 Å². The first-order chi connectivity index (χ1) is 12.7. The molecule has 2 atom stereocenters. The first-order valence-corrected chi connectivity index (χ1v) is 9.22. The first-order valence-electron chi connectivity index (χ1n) is 8.84. The summed E-state index contributed by atoms with van der Waals surface area (Å²) in [7, 11) is 0. The fraction of sp³-hybridized carbons (Fsp3) is 0.526. The normalized spacial score (nSPS) is 12.5. The Kier molecular flexibility index (Phi) is 13.2. The van der Waals surface area contributed by atoms with E-state index in [1.165, 1.54) is 0 Å². The van der Waals surface area contributed by atoms with E-state index in [9.17, 15) is 19.5 Å². The van der Waals surface area contributed by atoms with Gasteiger partial charge in [0, 0.05) is 35.8 Å². The Morgan fingerprint density at radius 3 is 2.25 bits per heavy atom. The molecule has 0 aliphatic heterocycles. The fourth-order valence-electron chi connectivity index (χ4n) is 2.27. The van der Waals surface area contributed by atoms with E-state index in [2.05, 4.69) is 5.32 Å². The minimum atomic E-state index is -1.25. The van der Waals surface area contributed by atoms with Crippen molar-refractivity contribution in [2.24, 2.45) is 5.92 Å². The van der Waals surface area contributed by atoms with Crippen molar-refractivity contribution >= 4 is 29.6 Å². The molecule has 1 amide bonds. The van der Waals surface area contributed by atoms with Crippen molar-refractivity contribution in [3.05, 3.63) is 34.9 Å². The summed E-state index contributed by atoms with van der Waals surface area (Å²) in [6.45, 7) is 5.40. The van der Waals surface area contributed by atoms with Crippen molar-refractivity contribution in [2.75, 3.05) is 6.54 Å². The van der Waals surface area contributed by atoms with Gasteiger partial charge in [0.2, 0.25) is 0 Å². The van der Waals surface area contributed by atoms with E-state index in [-0.39, 0.29) is 54.9 Å². The van der Waals surface area contributed by atoms with Crippen LogP contribution in [0.1, 0.15) is 51.5 Å². The molecule has 0 spiro atoms. The maximum absolute atomic E-state index is 11.9. The first kappa shape index (κ1) is 26.7. The van der Waals surface area contributed by atoms with Crippen LogP contribution in [0.3, 0.4) is 0 Å². The summed E-state index contributed by atoms with van der Waals surface area (Å²) in [6.07, 6.45) is -0.808. The Hall–Kier alpha value is -1.28. The number of alkyl carbamates (subject to hydrolysis) is 1. The molecule has 0 saturated carbocycles. The van der Waals surface area contributed by atoms with Gasteiger partial charge in [-0.2, -0.15) is 0 Å². The van der Waals surface area contributed by atoms with Crippen LogP contribution in [0.25, 0.3) is 0 Å². The average molecular weight is 422 g/mol. The van der Waals surface area contributed by atoms with Gasteiger partial charge in [0.15, 0.2) is 0 Å². The van der Waals surface area contributed by atoms with Gasteiger partial charge in [-0.15, -0.1) is 0 Å². The molecule has 0 radical (unpaired) electrons. The zero-order chi connectivity index (χ0) is 20.4. The summed E-state index contributed by atoms with van der Waals surface area (Å²) in [5, 5.41) is 14.3. The predicted octanol–water partition coefficient (Wildman–Crippen LogP) is -0.381. The monoisotopic (exact) mass is 421 g/mol. The van der Waals surface area contributed by atoms with Crippen molar-refractivity contribution in [1.82, 2.24) is 5.32 Å². The molecule has 1 rings (SSSR count). The molecule has 1 N–H and O–H groups in total. The van der Waals surface area contributed by atoms with Gasteiger partial charge >= 0.3 is 41.6 Å². The van der Waals surface area contributed by atoms with E-state index in [0.29, 0.717) is 17.0 Å². The van der Waals surface area contributed by atoms with E-state index in [4.69, 9.17) is 21.1 Å². The van der Waals surface area contributed by atoms with Crippen molar-refractivity contribution in [1.29, 1.82) is 0 Å². The number of hydrogen-bond donors (Lipinski definition) is 1. The number of nitrogens with one attached hydrogen (secondary N) is 1. The average Bonchev–Trinajstić information content (AvgIpc) is 2.59. The van der Waals surface area contributed by atoms with Crippen molar-refractivity contribution in [3.8, 4) is 0 Å². The molecule has 1 aromatic rings. The molecule has 150 valence electrons. The Balaban J connectivity index is 0.00000729. The van der Waals surface area contributed by atoms with Crippen LogP contribution < -0.4 is 40.0 Å². The second kappa shape index (κ2) is 13.8. The third kappa shape index (κ3) is 9.78. The number of aliphatic carboxylic acids is 1. The molecular weight excluding hydrogens is 397 g/mol. The standard InChI is InChI=1S/C19H26ClNO6.Na/c1-4-5-16(22)26-18(12(2)3)27-19(25)21-11-10-15(17(23)24)13-6-8-14(20)9-7-13;/h6-9,12,15,18H,4-5,10-11H2,1-3H3,(H,21,25)(H,23,24);/q;+1/p-1. The molecular formula is C19H25ClNNaO6. The van der Waals surface area contributed by atoms with E-state index in [0.717, 1.165) is 0 Å². The summed E-state index contributed by atoms with van der Waals surface area (Å²) in [4.78, 5) is 34.9. The van der Waals surface area contributed by atoms with Gasteiger partial charge in [0.25, 0.3) is 6.29 Å². The smallest absolute Gasteiger partial charge is 0.549 e. The second-order valence-electron chi connectivity index (χ2n) is 6.40. The minimum absolute atomic E-state index is 0. The van der Waals surface area contributed by atoms with E-state index < -0.39 is 30.2 Å². The number of carboxylic acids is 1. The van der Waals surface area contributed by atoms with Gasteiger partial charge in [-0.25, -0.2) is 4.79 Å². The maximum Gasteiger partial charge on any atom is 1.00 e. The summed E-state index contributed by atoms with van der Waals surface area (Å²) in [6, 6.07) is 6.38. The number of benzene rings is 1. The van der Waals surface area contributed by atoms with Gasteiger partial charge < -0.3 is 24.7 Å². The molecule has 0 aliphatic carbocycles. The van der Waals surface area contributed by atoms with Crippen molar-refractivity contribution in [3.63, 3.8) is 0 Å². The third-order valence-corrected chi connectivity index (χ3v) is 3.98. The molecule has 2 unspecified atom stereocenters. The number of esters is 1. The van der Waals surface area contributed by atoms with Crippen LogP contribution in [0.5, 0.6) is 0 Å². The Bertz CT molecular complexity index is 638. The Morgan fingerprint density at radius 2 is 1.75 bits per heavy atom. The minimum Gasteiger partial charge on any atom is -0.549 e. The fourth-order valence-corrected chi connectivity index (χ4v) is 2.40. The molecule has 1 aromatic carbocycles. The molecule has 0 aromatic heterocycles. The second-order valence-corrected chi connectivity index (χ2v) is 6.83. The number of rotatable bonds is 10. The number of carboxylic acid groups (broad SMARTS) is 1. The molecule has 0 fully saturated rings. The van der Waals surface area contributed by atoms with Gasteiger partial charge in [-0.05, 0) is 30.5 Å². The largest absolute Gasteiger partial charge is 1.00 e. The van der Waals surface area contributed by atoms with Crippen LogP contribution in [-0.4, -0.2) is 30.9 Å². The van der Waals surface area contributed by atoms with Crippen LogP contribution in [0.2, 0.25) is 5.02 Å². The number of carbonyl (C=O) groups excluding carboxylic acids is 3. The quantitative estimate of drug-likeness (QED) is 0.314. The SMILES string of the molecule is CCCC(=O)OC(OC(=O)NCCC(C(=O)[O-])c1ccc(Cl)cc1)C(C)C.[Na+]. The summed E-state index contributed by atoms with van der Waals surface area (Å²) >= 11 is 5.80. The number of halogens is 1. The molecule has 9 heteroatoms. The maximum atomic E-state index is 11.9. The Labute approximate surface area is 192 Å². The van der Waals surface area contributed by atoms with Crippen LogP contribution >= 0.6 is 11.6 Å². The third-order valence-electron chi connectivity index (χ3n) is 3.73. The summed E-state index contributed by atoms with van der Waals surface area (Å²) < 4.78 is 10.2. The van der Waals surface area contributed by atoms with Crippen LogP contribution in [-0.2, 0) is 19.1 Å². The zero-order valence-corrected chi connectivity index (χ0v) is 19.5. The number of hydrogen-bond acceptors (Lipinski definition) is 6. The number of carbonyl (C=O) groups is 3. The van der Waals surface area contributed by atoms with Gasteiger partial charge in [-0.3, -0.25) is 4.79 Å². The Morgan fingerprint density at radius 1 is 1.14 bits per heavy atom. The zero-order valence-electron chi connectivity index (χ0n) is 16.7. The van der Waals surface area contributed by atoms with E-state index in [1.807, 2.05) is 6.92 Å². The topological polar surface area (TPSA) is 105 Å². The van der Waals surface area contributed by atoms with Crippen LogP contribution in [0, 0.1) is 5.92 Å². The van der Waals surface area contributed by atoms with E-state index >= 15 is 0 Å². The molecule has 0 aliphatic rings. The van der Waals surface area contributed by atoms with Crippen molar-refractivity contribution < 1.29 is 58.5 Å². The van der Waals surface area contributed by atoms with Crippen molar-refractivity contribution in [2.45, 2.75) is 52.2 Å².